The molecular formula is C20H18F2N2O2. The molecule has 0 radical (unpaired) electrons. The summed E-state index contributed by atoms with van der Waals surface area (Å²) in [5, 5.41) is 8.93. The van der Waals surface area contributed by atoms with Crippen LogP contribution in [0.15, 0.2) is 42.5 Å². The van der Waals surface area contributed by atoms with E-state index in [0.717, 1.165) is 25.0 Å². The Balaban J connectivity index is 1.62. The Labute approximate surface area is 150 Å². The average molecular weight is 356 g/mol. The molecule has 0 bridgehead atoms. The number of hydrogen-bond donors (Lipinski definition) is 0. The van der Waals surface area contributed by atoms with Gasteiger partial charge in [-0.25, -0.2) is 8.78 Å². The standard InChI is InChI=1S/C20H18F2N2O2/c21-17-3-5-19(6-4-17)26-13-14-2-1-7-24(12-14)20(25)16-8-15(11-23)9-18(22)10-16/h3-6,8-10,14H,1-2,7,12-13H2. The van der Waals surface area contributed by atoms with Crippen LogP contribution in [0.5, 0.6) is 5.75 Å². The summed E-state index contributed by atoms with van der Waals surface area (Å²) in [7, 11) is 0. The largest absolute Gasteiger partial charge is 0.493 e. The zero-order chi connectivity index (χ0) is 18.5. The molecule has 1 saturated heterocycles. The third-order valence-corrected chi connectivity index (χ3v) is 4.38. The highest BCUT2D eigenvalue weighted by atomic mass is 19.1. The zero-order valence-corrected chi connectivity index (χ0v) is 14.1. The Bertz CT molecular complexity index is 831. The Hall–Kier alpha value is -2.94. The fourth-order valence-electron chi connectivity index (χ4n) is 3.09. The van der Waals surface area contributed by atoms with Crippen LogP contribution in [0.2, 0.25) is 0 Å². The smallest absolute Gasteiger partial charge is 0.254 e. The molecule has 1 aliphatic rings. The summed E-state index contributed by atoms with van der Waals surface area (Å²) >= 11 is 0. The number of rotatable bonds is 4. The van der Waals surface area contributed by atoms with Crippen LogP contribution in [0.4, 0.5) is 8.78 Å². The molecule has 2 aromatic carbocycles. The lowest BCUT2D eigenvalue weighted by Gasteiger charge is -2.32. The SMILES string of the molecule is N#Cc1cc(F)cc(C(=O)N2CCCC(COc3ccc(F)cc3)C2)c1. The molecule has 1 unspecified atom stereocenters. The normalized spacial score (nSPS) is 16.8. The van der Waals surface area contributed by atoms with E-state index >= 15 is 0 Å². The lowest BCUT2D eigenvalue weighted by Crippen LogP contribution is -2.41. The molecule has 1 amide bonds. The van der Waals surface area contributed by atoms with E-state index in [9.17, 15) is 13.6 Å². The van der Waals surface area contributed by atoms with Crippen molar-refractivity contribution >= 4 is 5.91 Å². The lowest BCUT2D eigenvalue weighted by molar-refractivity contribution is 0.0633. The van der Waals surface area contributed by atoms with Gasteiger partial charge in [-0.2, -0.15) is 5.26 Å². The molecule has 6 heteroatoms. The second-order valence-electron chi connectivity index (χ2n) is 6.36. The van der Waals surface area contributed by atoms with E-state index in [-0.39, 0.29) is 28.8 Å². The van der Waals surface area contributed by atoms with Crippen LogP contribution < -0.4 is 4.74 Å². The minimum absolute atomic E-state index is 0.126. The van der Waals surface area contributed by atoms with Crippen molar-refractivity contribution in [3.63, 3.8) is 0 Å². The van der Waals surface area contributed by atoms with Gasteiger partial charge >= 0.3 is 0 Å². The number of likely N-dealkylation sites (tertiary alicyclic amines) is 1. The minimum Gasteiger partial charge on any atom is -0.493 e. The molecule has 0 spiro atoms. The molecular weight excluding hydrogens is 338 g/mol. The highest BCUT2D eigenvalue weighted by Gasteiger charge is 2.25. The molecule has 3 rings (SSSR count). The van der Waals surface area contributed by atoms with Crippen molar-refractivity contribution in [3.8, 4) is 11.8 Å². The molecule has 0 aliphatic carbocycles. The fourth-order valence-corrected chi connectivity index (χ4v) is 3.09. The summed E-state index contributed by atoms with van der Waals surface area (Å²) in [5.74, 6) is -0.480. The maximum atomic E-state index is 13.6. The van der Waals surface area contributed by atoms with Crippen molar-refractivity contribution in [1.82, 2.24) is 4.90 Å². The van der Waals surface area contributed by atoms with Crippen molar-refractivity contribution in [2.24, 2.45) is 5.92 Å². The van der Waals surface area contributed by atoms with Gasteiger partial charge in [-0.1, -0.05) is 0 Å². The molecule has 0 saturated carbocycles. The van der Waals surface area contributed by atoms with Crippen LogP contribution >= 0.6 is 0 Å². The molecule has 4 nitrogen and oxygen atoms in total. The number of halogens is 2. The van der Waals surface area contributed by atoms with Crippen molar-refractivity contribution in [1.29, 1.82) is 5.26 Å². The average Bonchev–Trinajstić information content (AvgIpc) is 2.66. The lowest BCUT2D eigenvalue weighted by atomic mass is 9.98. The van der Waals surface area contributed by atoms with E-state index in [0.29, 0.717) is 25.4 Å². The first-order chi connectivity index (χ1) is 12.5. The molecule has 1 fully saturated rings. The van der Waals surface area contributed by atoms with E-state index in [1.165, 1.54) is 18.2 Å². The highest BCUT2D eigenvalue weighted by molar-refractivity contribution is 5.94. The molecule has 0 N–H and O–H groups in total. The van der Waals surface area contributed by atoms with Crippen LogP contribution in [0.3, 0.4) is 0 Å². The molecule has 1 atom stereocenters. The van der Waals surface area contributed by atoms with E-state index < -0.39 is 5.82 Å². The van der Waals surface area contributed by atoms with E-state index in [1.54, 1.807) is 17.0 Å². The van der Waals surface area contributed by atoms with Crippen molar-refractivity contribution in [2.75, 3.05) is 19.7 Å². The second kappa shape index (κ2) is 7.96. The Morgan fingerprint density at radius 3 is 2.69 bits per heavy atom. The number of amides is 1. The summed E-state index contributed by atoms with van der Waals surface area (Å²) in [6.07, 6.45) is 1.74. The van der Waals surface area contributed by atoms with Gasteiger partial charge in [0, 0.05) is 24.6 Å². The second-order valence-corrected chi connectivity index (χ2v) is 6.36. The van der Waals surface area contributed by atoms with Crippen LogP contribution in [0.1, 0.15) is 28.8 Å². The Kier molecular flexibility index (Phi) is 5.47. The van der Waals surface area contributed by atoms with Gasteiger partial charge in [-0.3, -0.25) is 4.79 Å². The quantitative estimate of drug-likeness (QED) is 0.838. The first-order valence-corrected chi connectivity index (χ1v) is 8.43. The third kappa shape index (κ3) is 4.37. The first kappa shape index (κ1) is 17.9. The topological polar surface area (TPSA) is 53.3 Å². The first-order valence-electron chi connectivity index (χ1n) is 8.43. The summed E-state index contributed by atoms with van der Waals surface area (Å²) in [6.45, 7) is 1.50. The van der Waals surface area contributed by atoms with Crippen LogP contribution in [-0.2, 0) is 0 Å². The van der Waals surface area contributed by atoms with E-state index in [4.69, 9.17) is 10.00 Å². The molecule has 26 heavy (non-hydrogen) atoms. The molecule has 0 aromatic heterocycles. The summed E-state index contributed by atoms with van der Waals surface area (Å²) in [5.41, 5.74) is 0.309. The van der Waals surface area contributed by atoms with Crippen LogP contribution in [0, 0.1) is 28.9 Å². The van der Waals surface area contributed by atoms with Crippen LogP contribution in [0.25, 0.3) is 0 Å². The minimum atomic E-state index is -0.597. The maximum Gasteiger partial charge on any atom is 0.254 e. The summed E-state index contributed by atoms with van der Waals surface area (Å²) < 4.78 is 32.2. The molecule has 2 aromatic rings. The third-order valence-electron chi connectivity index (χ3n) is 4.38. The van der Waals surface area contributed by atoms with Gasteiger partial charge in [-0.05, 0) is 55.3 Å². The van der Waals surface area contributed by atoms with E-state index in [1.807, 2.05) is 6.07 Å². The predicted molar refractivity (Wildman–Crippen MR) is 91.6 cm³/mol. The Morgan fingerprint density at radius 2 is 1.96 bits per heavy atom. The van der Waals surface area contributed by atoms with Gasteiger partial charge in [0.1, 0.15) is 17.4 Å². The predicted octanol–water partition coefficient (Wildman–Crippen LogP) is 3.77. The number of carbonyl (C=O) groups excluding carboxylic acids is 1. The van der Waals surface area contributed by atoms with Crippen molar-refractivity contribution in [3.05, 3.63) is 65.2 Å². The van der Waals surface area contributed by atoms with Crippen molar-refractivity contribution in [2.45, 2.75) is 12.8 Å². The van der Waals surface area contributed by atoms with Gasteiger partial charge in [-0.15, -0.1) is 0 Å². The number of nitrogens with zero attached hydrogens (tertiary/aromatic N) is 2. The van der Waals surface area contributed by atoms with Crippen LogP contribution in [-0.4, -0.2) is 30.5 Å². The monoisotopic (exact) mass is 356 g/mol. The summed E-state index contributed by atoms with van der Waals surface area (Å²) in [6, 6.07) is 11.3. The maximum absolute atomic E-state index is 13.6. The highest BCUT2D eigenvalue weighted by Crippen LogP contribution is 2.21. The number of carbonyl (C=O) groups is 1. The number of piperidine rings is 1. The zero-order valence-electron chi connectivity index (χ0n) is 14.1. The number of nitriles is 1. The summed E-state index contributed by atoms with van der Waals surface area (Å²) in [4.78, 5) is 14.3. The Morgan fingerprint density at radius 1 is 1.19 bits per heavy atom. The van der Waals surface area contributed by atoms with Gasteiger partial charge in [0.05, 0.1) is 18.2 Å². The number of hydrogen-bond acceptors (Lipinski definition) is 3. The van der Waals surface area contributed by atoms with Gasteiger partial charge in [0.2, 0.25) is 0 Å². The van der Waals surface area contributed by atoms with Gasteiger partial charge < -0.3 is 9.64 Å². The number of benzene rings is 2. The fraction of sp³-hybridized carbons (Fsp3) is 0.300. The van der Waals surface area contributed by atoms with Gasteiger partial charge in [0.15, 0.2) is 0 Å². The van der Waals surface area contributed by atoms with E-state index in [2.05, 4.69) is 0 Å². The molecule has 1 aliphatic heterocycles. The molecule has 134 valence electrons. The van der Waals surface area contributed by atoms with Crippen molar-refractivity contribution < 1.29 is 18.3 Å². The number of ether oxygens (including phenoxy) is 1. The van der Waals surface area contributed by atoms with Gasteiger partial charge in [0.25, 0.3) is 5.91 Å². The molecule has 1 heterocycles.